The molecule has 0 bridgehead atoms. The van der Waals surface area contributed by atoms with Gasteiger partial charge in [0.05, 0.1) is 24.9 Å². The van der Waals surface area contributed by atoms with Crippen LogP contribution in [-0.4, -0.2) is 14.2 Å². The van der Waals surface area contributed by atoms with E-state index in [-0.39, 0.29) is 5.82 Å². The Bertz CT molecular complexity index is 630. The Morgan fingerprint density at radius 3 is 2.33 bits per heavy atom. The van der Waals surface area contributed by atoms with Crippen molar-refractivity contribution in [1.29, 1.82) is 0 Å². The number of methoxy groups -OCH3 is 2. The first-order chi connectivity index (χ1) is 10.0. The molecule has 0 radical (unpaired) electrons. The molecule has 2 rings (SSSR count). The van der Waals surface area contributed by atoms with Gasteiger partial charge in [0.25, 0.3) is 0 Å². The van der Waals surface area contributed by atoms with E-state index >= 15 is 0 Å². The Morgan fingerprint density at radius 2 is 1.71 bits per heavy atom. The Hall–Kier alpha value is -1.65. The summed E-state index contributed by atoms with van der Waals surface area (Å²) in [6, 6.07) is 7.74. The fraction of sp³-hybridized carbons (Fsp3) is 0.200. The zero-order valence-electron chi connectivity index (χ0n) is 11.5. The zero-order chi connectivity index (χ0) is 15.4. The number of anilines is 1. The van der Waals surface area contributed by atoms with Gasteiger partial charge < -0.3 is 14.8 Å². The third kappa shape index (κ3) is 3.93. The molecule has 0 spiro atoms. The summed E-state index contributed by atoms with van der Waals surface area (Å²) in [5, 5.41) is 3.95. The molecule has 2 aromatic rings. The highest BCUT2D eigenvalue weighted by atomic mass is 35.5. The van der Waals surface area contributed by atoms with Crippen LogP contribution in [0.3, 0.4) is 0 Å². The average molecular weight is 330 g/mol. The molecular formula is C15H14Cl2FNO2. The molecule has 0 saturated carbocycles. The van der Waals surface area contributed by atoms with Crippen LogP contribution in [0.2, 0.25) is 10.0 Å². The summed E-state index contributed by atoms with van der Waals surface area (Å²) in [5.74, 6) is 0.727. The molecule has 0 amide bonds. The number of ether oxygens (including phenoxy) is 2. The van der Waals surface area contributed by atoms with Crippen LogP contribution in [0.25, 0.3) is 0 Å². The molecule has 6 heteroatoms. The van der Waals surface area contributed by atoms with Gasteiger partial charge in [0.15, 0.2) is 0 Å². The van der Waals surface area contributed by atoms with Crippen molar-refractivity contribution >= 4 is 28.9 Å². The van der Waals surface area contributed by atoms with Crippen molar-refractivity contribution in [2.75, 3.05) is 19.5 Å². The largest absolute Gasteiger partial charge is 0.495 e. The van der Waals surface area contributed by atoms with Crippen LogP contribution in [0.1, 0.15) is 5.56 Å². The minimum Gasteiger partial charge on any atom is -0.495 e. The van der Waals surface area contributed by atoms with Crippen molar-refractivity contribution in [3.8, 4) is 11.5 Å². The van der Waals surface area contributed by atoms with E-state index in [1.54, 1.807) is 25.3 Å². The van der Waals surface area contributed by atoms with Gasteiger partial charge in [-0.2, -0.15) is 0 Å². The van der Waals surface area contributed by atoms with Gasteiger partial charge in [0.2, 0.25) is 0 Å². The summed E-state index contributed by atoms with van der Waals surface area (Å²) < 4.78 is 23.7. The molecule has 2 aromatic carbocycles. The Morgan fingerprint density at radius 1 is 1.00 bits per heavy atom. The lowest BCUT2D eigenvalue weighted by atomic mass is 10.2. The molecule has 0 unspecified atom stereocenters. The standard InChI is InChI=1S/C15H14Cl2FNO2/c1-20-14-7-15(21-2)13(6-12(14)17)19-8-9-3-10(16)5-11(18)4-9/h3-7,19H,8H2,1-2H3. The first-order valence-corrected chi connectivity index (χ1v) is 6.89. The van der Waals surface area contributed by atoms with Gasteiger partial charge in [-0.3, -0.25) is 0 Å². The second kappa shape index (κ2) is 6.87. The number of nitrogens with one attached hydrogen (secondary N) is 1. The van der Waals surface area contributed by atoms with Crippen molar-refractivity contribution < 1.29 is 13.9 Å². The molecule has 112 valence electrons. The van der Waals surface area contributed by atoms with Crippen molar-refractivity contribution in [3.05, 3.63) is 51.8 Å². The van der Waals surface area contributed by atoms with E-state index in [1.807, 2.05) is 0 Å². The molecule has 0 aliphatic heterocycles. The Labute approximate surface area is 132 Å². The van der Waals surface area contributed by atoms with Crippen LogP contribution in [-0.2, 0) is 6.54 Å². The lowest BCUT2D eigenvalue weighted by molar-refractivity contribution is 0.395. The SMILES string of the molecule is COc1cc(OC)c(NCc2cc(F)cc(Cl)c2)cc1Cl. The van der Waals surface area contributed by atoms with E-state index < -0.39 is 0 Å². The van der Waals surface area contributed by atoms with Gasteiger partial charge in [-0.1, -0.05) is 23.2 Å². The predicted octanol–water partition coefficient (Wildman–Crippen LogP) is 4.76. The van der Waals surface area contributed by atoms with Gasteiger partial charge in [-0.25, -0.2) is 4.39 Å². The normalized spacial score (nSPS) is 10.3. The van der Waals surface area contributed by atoms with E-state index in [0.717, 1.165) is 0 Å². The van der Waals surface area contributed by atoms with Gasteiger partial charge in [0.1, 0.15) is 17.3 Å². The van der Waals surface area contributed by atoms with E-state index in [0.29, 0.717) is 39.3 Å². The highest BCUT2D eigenvalue weighted by Gasteiger charge is 2.10. The van der Waals surface area contributed by atoms with E-state index in [2.05, 4.69) is 5.32 Å². The van der Waals surface area contributed by atoms with Gasteiger partial charge in [-0.05, 0) is 29.8 Å². The lowest BCUT2D eigenvalue weighted by Gasteiger charge is -2.14. The minimum absolute atomic E-state index is 0.353. The minimum atomic E-state index is -0.376. The quantitative estimate of drug-likeness (QED) is 0.857. The molecule has 0 heterocycles. The summed E-state index contributed by atoms with van der Waals surface area (Å²) in [5.41, 5.74) is 1.40. The number of hydrogen-bond donors (Lipinski definition) is 1. The molecule has 3 nitrogen and oxygen atoms in total. The molecule has 21 heavy (non-hydrogen) atoms. The molecular weight excluding hydrogens is 316 g/mol. The van der Waals surface area contributed by atoms with Crippen LogP contribution in [0.15, 0.2) is 30.3 Å². The highest BCUT2D eigenvalue weighted by Crippen LogP contribution is 2.36. The molecule has 0 aliphatic carbocycles. The highest BCUT2D eigenvalue weighted by molar-refractivity contribution is 6.32. The van der Waals surface area contributed by atoms with Crippen LogP contribution < -0.4 is 14.8 Å². The van der Waals surface area contributed by atoms with E-state index in [9.17, 15) is 4.39 Å². The molecule has 0 aliphatic rings. The summed E-state index contributed by atoms with van der Waals surface area (Å²) in [6.07, 6.45) is 0. The predicted molar refractivity (Wildman–Crippen MR) is 83.3 cm³/mol. The van der Waals surface area contributed by atoms with Crippen LogP contribution in [0.4, 0.5) is 10.1 Å². The molecule has 1 N–H and O–H groups in total. The monoisotopic (exact) mass is 329 g/mol. The Kier molecular flexibility index (Phi) is 5.15. The molecule has 0 fully saturated rings. The van der Waals surface area contributed by atoms with Crippen LogP contribution in [0.5, 0.6) is 11.5 Å². The second-order valence-corrected chi connectivity index (χ2v) is 5.16. The topological polar surface area (TPSA) is 30.5 Å². The lowest BCUT2D eigenvalue weighted by Crippen LogP contribution is -2.02. The summed E-state index contributed by atoms with van der Waals surface area (Å²) in [6.45, 7) is 0.385. The fourth-order valence-electron chi connectivity index (χ4n) is 1.91. The van der Waals surface area contributed by atoms with Crippen molar-refractivity contribution in [2.45, 2.75) is 6.54 Å². The molecule has 0 saturated heterocycles. The van der Waals surface area contributed by atoms with Crippen LogP contribution >= 0.6 is 23.2 Å². The number of benzene rings is 2. The fourth-order valence-corrected chi connectivity index (χ4v) is 2.39. The van der Waals surface area contributed by atoms with Crippen LogP contribution in [0, 0.1) is 5.82 Å². The van der Waals surface area contributed by atoms with Crippen molar-refractivity contribution in [1.82, 2.24) is 0 Å². The third-order valence-corrected chi connectivity index (χ3v) is 3.39. The summed E-state index contributed by atoms with van der Waals surface area (Å²) >= 11 is 11.9. The maximum absolute atomic E-state index is 13.3. The molecule has 0 aromatic heterocycles. The summed E-state index contributed by atoms with van der Waals surface area (Å²) in [4.78, 5) is 0. The first-order valence-electron chi connectivity index (χ1n) is 6.14. The second-order valence-electron chi connectivity index (χ2n) is 4.32. The van der Waals surface area contributed by atoms with E-state index in [4.69, 9.17) is 32.7 Å². The summed E-state index contributed by atoms with van der Waals surface area (Å²) in [7, 11) is 3.08. The Balaban J connectivity index is 2.21. The third-order valence-electron chi connectivity index (χ3n) is 2.88. The van der Waals surface area contributed by atoms with Gasteiger partial charge in [0, 0.05) is 17.6 Å². The zero-order valence-corrected chi connectivity index (χ0v) is 13.1. The number of rotatable bonds is 5. The number of hydrogen-bond acceptors (Lipinski definition) is 3. The maximum atomic E-state index is 13.3. The van der Waals surface area contributed by atoms with Gasteiger partial charge in [-0.15, -0.1) is 0 Å². The number of halogens is 3. The maximum Gasteiger partial charge on any atom is 0.145 e. The van der Waals surface area contributed by atoms with E-state index in [1.165, 1.54) is 19.2 Å². The average Bonchev–Trinajstić information content (AvgIpc) is 2.44. The van der Waals surface area contributed by atoms with Gasteiger partial charge >= 0.3 is 0 Å². The van der Waals surface area contributed by atoms with Crippen molar-refractivity contribution in [2.24, 2.45) is 0 Å². The van der Waals surface area contributed by atoms with Crippen molar-refractivity contribution in [3.63, 3.8) is 0 Å². The smallest absolute Gasteiger partial charge is 0.145 e. The first kappa shape index (κ1) is 15.7. The molecule has 0 atom stereocenters.